The number of rotatable bonds is 7. The van der Waals surface area contributed by atoms with Crippen LogP contribution in [0.1, 0.15) is 22.3 Å². The average molecular weight is 451 g/mol. The maximum atomic E-state index is 12.4. The molecule has 0 unspecified atom stereocenters. The predicted octanol–water partition coefficient (Wildman–Crippen LogP) is 5.10. The highest BCUT2D eigenvalue weighted by Crippen LogP contribution is 2.34. The van der Waals surface area contributed by atoms with E-state index in [1.807, 2.05) is 31.2 Å². The molecule has 0 fully saturated rings. The van der Waals surface area contributed by atoms with E-state index in [2.05, 4.69) is 5.32 Å². The molecule has 7 heteroatoms. The minimum absolute atomic E-state index is 0.0413. The molecule has 0 aliphatic carbocycles. The molecule has 1 heterocycles. The van der Waals surface area contributed by atoms with E-state index in [1.165, 1.54) is 5.56 Å². The minimum atomic E-state index is -0.251. The van der Waals surface area contributed by atoms with Gasteiger partial charge in [-0.25, -0.2) is 0 Å². The molecule has 164 valence electrons. The lowest BCUT2D eigenvalue weighted by molar-refractivity contribution is -0.121. The number of anilines is 2. The van der Waals surface area contributed by atoms with Gasteiger partial charge in [-0.15, -0.1) is 0 Å². The second-order valence-corrected chi connectivity index (χ2v) is 7.93. The average Bonchev–Trinajstić information content (AvgIpc) is 2.79. The van der Waals surface area contributed by atoms with Gasteiger partial charge in [-0.1, -0.05) is 29.3 Å². The highest BCUT2D eigenvalue weighted by atomic mass is 35.5. The van der Waals surface area contributed by atoms with Crippen molar-refractivity contribution in [2.45, 2.75) is 13.3 Å². The number of fused-ring (bicyclic) bond motifs is 1. The molecule has 3 aromatic rings. The smallest absolute Gasteiger partial charge is 0.265 e. The van der Waals surface area contributed by atoms with E-state index in [0.717, 1.165) is 5.75 Å². The van der Waals surface area contributed by atoms with Crippen LogP contribution in [-0.2, 0) is 4.79 Å². The summed E-state index contributed by atoms with van der Waals surface area (Å²) in [7, 11) is 0. The van der Waals surface area contributed by atoms with Gasteiger partial charge < -0.3 is 19.7 Å². The molecule has 0 spiro atoms. The Bertz CT molecular complexity index is 1110. The van der Waals surface area contributed by atoms with Crippen molar-refractivity contribution in [1.82, 2.24) is 0 Å². The molecule has 6 nitrogen and oxygen atoms in total. The van der Waals surface area contributed by atoms with Crippen LogP contribution < -0.4 is 19.7 Å². The first kappa shape index (κ1) is 21.7. The maximum absolute atomic E-state index is 12.4. The van der Waals surface area contributed by atoms with E-state index < -0.39 is 0 Å². The molecule has 3 aromatic carbocycles. The highest BCUT2D eigenvalue weighted by molar-refractivity contribution is 6.30. The van der Waals surface area contributed by atoms with Crippen LogP contribution in [0.3, 0.4) is 0 Å². The van der Waals surface area contributed by atoms with Gasteiger partial charge in [-0.05, 0) is 61.9 Å². The normalized spacial score (nSPS) is 12.7. The van der Waals surface area contributed by atoms with Crippen molar-refractivity contribution >= 4 is 34.8 Å². The third-order valence-electron chi connectivity index (χ3n) is 5.08. The highest BCUT2D eigenvalue weighted by Gasteiger charge is 2.25. The lowest BCUT2D eigenvalue weighted by Gasteiger charge is -2.29. The summed E-state index contributed by atoms with van der Waals surface area (Å²) in [6.07, 6.45) is 0.675. The summed E-state index contributed by atoms with van der Waals surface area (Å²) in [6.45, 7) is 3.00. The fourth-order valence-corrected chi connectivity index (χ4v) is 3.51. The van der Waals surface area contributed by atoms with E-state index in [-0.39, 0.29) is 18.4 Å². The summed E-state index contributed by atoms with van der Waals surface area (Å²) in [5.41, 5.74) is 2.94. The van der Waals surface area contributed by atoms with Crippen LogP contribution in [0, 0.1) is 6.92 Å². The number of amides is 2. The zero-order valence-electron chi connectivity index (χ0n) is 17.6. The quantitative estimate of drug-likeness (QED) is 0.509. The van der Waals surface area contributed by atoms with Crippen LogP contribution in [0.25, 0.3) is 0 Å². The Labute approximate surface area is 191 Å². The molecule has 0 saturated carbocycles. The van der Waals surface area contributed by atoms with Crippen LogP contribution in [-0.4, -0.2) is 31.6 Å². The standard InChI is InChI=1S/C25H23ClN2O4/c1-17-3-10-21(11-4-17)31-14-2-13-28-22-12-9-20(15-23(22)32-16-24(28)29)27-25(30)18-5-7-19(26)8-6-18/h3-12,15H,2,13-14,16H2,1H3,(H,27,30). The second-order valence-electron chi connectivity index (χ2n) is 7.49. The van der Waals surface area contributed by atoms with Gasteiger partial charge in [0.2, 0.25) is 0 Å². The van der Waals surface area contributed by atoms with E-state index in [1.54, 1.807) is 47.4 Å². The molecule has 1 aliphatic heterocycles. The van der Waals surface area contributed by atoms with Crippen LogP contribution in [0.2, 0.25) is 5.02 Å². The monoisotopic (exact) mass is 450 g/mol. The van der Waals surface area contributed by atoms with Crippen LogP contribution >= 0.6 is 11.6 Å². The zero-order valence-corrected chi connectivity index (χ0v) is 18.4. The molecule has 1 aliphatic rings. The number of hydrogen-bond acceptors (Lipinski definition) is 4. The summed E-state index contributed by atoms with van der Waals surface area (Å²) in [6, 6.07) is 19.8. The number of nitrogens with one attached hydrogen (secondary N) is 1. The molecule has 0 aromatic heterocycles. The van der Waals surface area contributed by atoms with Crippen LogP contribution in [0.5, 0.6) is 11.5 Å². The van der Waals surface area contributed by atoms with Crippen LogP contribution in [0.15, 0.2) is 66.7 Å². The Hall–Kier alpha value is -3.51. The van der Waals surface area contributed by atoms with E-state index in [0.29, 0.717) is 47.3 Å². The molecule has 1 N–H and O–H groups in total. The first-order valence-electron chi connectivity index (χ1n) is 10.3. The number of ether oxygens (including phenoxy) is 2. The van der Waals surface area contributed by atoms with Gasteiger partial charge in [0.1, 0.15) is 11.5 Å². The summed E-state index contributed by atoms with van der Waals surface area (Å²) < 4.78 is 11.4. The Morgan fingerprint density at radius 1 is 1.09 bits per heavy atom. The van der Waals surface area contributed by atoms with Crippen molar-refractivity contribution in [2.24, 2.45) is 0 Å². The molecule has 4 rings (SSSR count). The predicted molar refractivity (Wildman–Crippen MR) is 125 cm³/mol. The van der Waals surface area contributed by atoms with E-state index >= 15 is 0 Å². The number of carbonyl (C=O) groups excluding carboxylic acids is 2. The number of nitrogens with zero attached hydrogens (tertiary/aromatic N) is 1. The Balaban J connectivity index is 1.38. The van der Waals surface area contributed by atoms with E-state index in [9.17, 15) is 9.59 Å². The fourth-order valence-electron chi connectivity index (χ4n) is 3.38. The molecular formula is C25H23ClN2O4. The minimum Gasteiger partial charge on any atom is -0.494 e. The lowest BCUT2D eigenvalue weighted by atomic mass is 10.1. The summed E-state index contributed by atoms with van der Waals surface area (Å²) in [4.78, 5) is 26.6. The number of halogens is 1. The number of hydrogen-bond donors (Lipinski definition) is 1. The summed E-state index contributed by atoms with van der Waals surface area (Å²) >= 11 is 5.88. The van der Waals surface area contributed by atoms with Gasteiger partial charge >= 0.3 is 0 Å². The SMILES string of the molecule is Cc1ccc(OCCCN2C(=O)COc3cc(NC(=O)c4ccc(Cl)cc4)ccc32)cc1. The second kappa shape index (κ2) is 9.75. The molecule has 0 atom stereocenters. The molecule has 0 radical (unpaired) electrons. The van der Waals surface area contributed by atoms with Crippen molar-refractivity contribution in [2.75, 3.05) is 30.0 Å². The van der Waals surface area contributed by atoms with Gasteiger partial charge in [0, 0.05) is 28.9 Å². The summed E-state index contributed by atoms with van der Waals surface area (Å²) in [5, 5.41) is 3.41. The third kappa shape index (κ3) is 5.21. The topological polar surface area (TPSA) is 67.9 Å². The zero-order chi connectivity index (χ0) is 22.5. The fraction of sp³-hybridized carbons (Fsp3) is 0.200. The van der Waals surface area contributed by atoms with Gasteiger partial charge in [0.15, 0.2) is 6.61 Å². The third-order valence-corrected chi connectivity index (χ3v) is 5.33. The lowest BCUT2D eigenvalue weighted by Crippen LogP contribution is -2.39. The molecule has 2 amide bonds. The largest absolute Gasteiger partial charge is 0.494 e. The Morgan fingerprint density at radius 2 is 1.84 bits per heavy atom. The van der Waals surface area contributed by atoms with Gasteiger partial charge in [-0.2, -0.15) is 0 Å². The Morgan fingerprint density at radius 3 is 2.59 bits per heavy atom. The van der Waals surface area contributed by atoms with Crippen molar-refractivity contribution < 1.29 is 19.1 Å². The van der Waals surface area contributed by atoms with E-state index in [4.69, 9.17) is 21.1 Å². The molecule has 0 bridgehead atoms. The first-order valence-corrected chi connectivity index (χ1v) is 10.7. The number of benzene rings is 3. The van der Waals surface area contributed by atoms with Gasteiger partial charge in [-0.3, -0.25) is 9.59 Å². The summed E-state index contributed by atoms with van der Waals surface area (Å²) in [5.74, 6) is 1.01. The van der Waals surface area contributed by atoms with Crippen molar-refractivity contribution in [3.05, 3.63) is 82.9 Å². The van der Waals surface area contributed by atoms with Crippen LogP contribution in [0.4, 0.5) is 11.4 Å². The molecule has 32 heavy (non-hydrogen) atoms. The Kier molecular flexibility index (Phi) is 6.61. The van der Waals surface area contributed by atoms with Crippen molar-refractivity contribution in [1.29, 1.82) is 0 Å². The molecule has 0 saturated heterocycles. The first-order chi connectivity index (χ1) is 15.5. The number of carbonyl (C=O) groups is 2. The van der Waals surface area contributed by atoms with Gasteiger partial charge in [0.05, 0.1) is 12.3 Å². The van der Waals surface area contributed by atoms with Crippen molar-refractivity contribution in [3.8, 4) is 11.5 Å². The van der Waals surface area contributed by atoms with Gasteiger partial charge in [0.25, 0.3) is 11.8 Å². The molecular weight excluding hydrogens is 428 g/mol. The number of aryl methyl sites for hydroxylation is 1. The maximum Gasteiger partial charge on any atom is 0.265 e. The van der Waals surface area contributed by atoms with Crippen molar-refractivity contribution in [3.63, 3.8) is 0 Å².